The molecule has 1 aliphatic carbocycles. The van der Waals surface area contributed by atoms with E-state index < -0.39 is 167 Å². The molecular formula is C87H107BF2N19O19S4Si2+. The number of nitrogens with one attached hydrogen (secondary N) is 8. The number of aromatic nitrogens is 7. The molecule has 1 saturated heterocycles. The molecule has 0 saturated carbocycles. The van der Waals surface area contributed by atoms with Crippen molar-refractivity contribution in [1.82, 2.24) is 75.2 Å². The third kappa shape index (κ3) is 24.5. The van der Waals surface area contributed by atoms with Crippen molar-refractivity contribution in [1.29, 1.82) is 0 Å². The van der Waals surface area contributed by atoms with E-state index in [1.807, 2.05) is 90.3 Å². The van der Waals surface area contributed by atoms with E-state index in [0.717, 1.165) is 42.7 Å². The highest BCUT2D eigenvalue weighted by atomic mass is 32.2. The predicted molar refractivity (Wildman–Crippen MR) is 508 cm³/mol. The number of fused-ring (bicyclic) bond motifs is 5. The summed E-state index contributed by atoms with van der Waals surface area (Å²) in [7, 11) is -14.6. The quantitative estimate of drug-likeness (QED) is 0.00343. The zero-order valence-electron chi connectivity index (χ0n) is 75.6. The average Bonchev–Trinajstić information content (AvgIpc) is 1.49. The average molecular weight is 1960 g/mol. The van der Waals surface area contributed by atoms with Crippen LogP contribution in [-0.2, 0) is 75.7 Å². The van der Waals surface area contributed by atoms with Crippen LogP contribution in [0.25, 0.3) is 50.7 Å². The van der Waals surface area contributed by atoms with Crippen LogP contribution in [0.1, 0.15) is 118 Å². The molecule has 13 N–H and O–H groups in total. The molecule has 5 atom stereocenters. The molecule has 5 aliphatic rings. The minimum atomic E-state index is -5.07. The molecule has 0 radical (unpaired) electrons. The van der Waals surface area contributed by atoms with Crippen LogP contribution in [0.3, 0.4) is 0 Å². The van der Waals surface area contributed by atoms with Crippen molar-refractivity contribution in [2.24, 2.45) is 0 Å². The molecule has 0 bridgehead atoms. The highest BCUT2D eigenvalue weighted by Gasteiger charge is 2.53. The fraction of sp³-hybridized carbons (Fsp3) is 0.391. The number of carbonyl (C=O) groups excluding carboxylic acids is 7. The molecule has 38 nitrogen and oxygen atoms in total. The molecule has 8 heterocycles. The lowest BCUT2D eigenvalue weighted by Gasteiger charge is -2.34. The highest BCUT2D eigenvalue weighted by molar-refractivity contribution is 8.01. The predicted octanol–water partition coefficient (Wildman–Crippen LogP) is 7.14. The second kappa shape index (κ2) is 42.5. The Morgan fingerprint density at radius 3 is 2.19 bits per heavy atom. The van der Waals surface area contributed by atoms with Crippen LogP contribution < -0.4 is 62.7 Å². The number of H-pyrrole nitrogens is 1. The molecule has 7 amide bonds. The summed E-state index contributed by atoms with van der Waals surface area (Å²) >= 11 is 2.10. The fourth-order valence-corrected chi connectivity index (χ4v) is 29.6. The number of carbonyl (C=O) groups is 9. The first-order valence-corrected chi connectivity index (χ1v) is 54.6. The Bertz CT molecular complexity index is 6530. The number of rotatable bonds is 44. The third-order valence-electron chi connectivity index (χ3n) is 22.9. The van der Waals surface area contributed by atoms with Crippen LogP contribution in [0, 0.1) is 13.8 Å². The summed E-state index contributed by atoms with van der Waals surface area (Å²) in [6, 6.07) is 16.9. The number of sulfonamides is 1. The smallest absolute Gasteiger partial charge is 0.481 e. The first-order chi connectivity index (χ1) is 63.4. The summed E-state index contributed by atoms with van der Waals surface area (Å²) in [6.45, 7) is 18.5. The molecular weight excluding hydrogens is 1850 g/mol. The fourth-order valence-electron chi connectivity index (χ4n) is 16.3. The summed E-state index contributed by atoms with van der Waals surface area (Å²) in [4.78, 5) is 160. The van der Waals surface area contributed by atoms with Gasteiger partial charge < -0.3 is 78.9 Å². The van der Waals surface area contributed by atoms with Crippen molar-refractivity contribution >= 4 is 172 Å². The lowest BCUT2D eigenvalue weighted by molar-refractivity contribution is -0.362. The molecule has 4 aliphatic heterocycles. The molecule has 1 fully saturated rings. The van der Waals surface area contributed by atoms with Gasteiger partial charge in [-0.1, -0.05) is 17.8 Å². The summed E-state index contributed by atoms with van der Waals surface area (Å²) in [5, 5.41) is 37.0. The molecule has 12 rings (SSSR count). The number of anilines is 3. The number of allylic oxidation sites excluding steroid dienone is 2. The Kier molecular flexibility index (Phi) is 32.0. The van der Waals surface area contributed by atoms with Gasteiger partial charge in [-0.3, -0.25) is 57.6 Å². The Hall–Kier alpha value is -12.3. The minimum Gasteiger partial charge on any atom is -0.481 e. The number of amides is 7. The van der Waals surface area contributed by atoms with Gasteiger partial charge in [0.1, 0.15) is 53.2 Å². The van der Waals surface area contributed by atoms with Crippen LogP contribution in [0.2, 0.25) is 32.2 Å². The number of aliphatic carboxylic acids is 2. The third-order valence-corrected chi connectivity index (χ3v) is 36.3. The number of hydrogen-bond acceptors (Lipinski definition) is 26. The summed E-state index contributed by atoms with van der Waals surface area (Å²) < 4.78 is 118. The number of carboxylic acids is 2. The van der Waals surface area contributed by atoms with Crippen molar-refractivity contribution in [2.75, 3.05) is 66.3 Å². The number of imide groups is 1. The van der Waals surface area contributed by atoms with Gasteiger partial charge in [-0.25, -0.2) is 42.4 Å². The van der Waals surface area contributed by atoms with Crippen molar-refractivity contribution in [2.45, 2.75) is 183 Å². The Morgan fingerprint density at radius 1 is 0.806 bits per heavy atom. The van der Waals surface area contributed by atoms with Crippen molar-refractivity contribution < 1.29 is 96.4 Å². The van der Waals surface area contributed by atoms with Crippen molar-refractivity contribution in [3.63, 3.8) is 0 Å². The van der Waals surface area contributed by atoms with E-state index in [-0.39, 0.29) is 85.0 Å². The molecule has 712 valence electrons. The minimum absolute atomic E-state index is 0.00316. The molecule has 47 heteroatoms. The number of nitrogens with two attached hydrogens (primary N) is 1. The van der Waals surface area contributed by atoms with Gasteiger partial charge in [0.25, 0.3) is 21.6 Å². The standard InChI is InChI=1S/C87H106BF2N19O19S4Si2/c1-12-105(13-2)58-24-28-62-69(37-58)127-70-38-59(106(14-3)15-4)25-29-63(70)77(62)64-30-27-61(39-72(64)132(124,125)126)131(122,123)97-44-53-42-95-87(96-43-53)130-49-134(10,11)128-133(8,9)34-16-33-107-75(112)41-71(84(107)119)129-48-67(85(120)121)102-82(117)66(47-93-73(110)32-26-57-22-23-60-36-68-50(5)35-52(7)108(68)88(89,90)109(57)60)101-81(116)65(40-76(113)114)100-74(111)31-17-51(6)98-80(115)54-18-20-55(21-19-54)92-45-56-46-94-79-78(99-56)83(118)104-86(91)103-79/h18-25,27-30,35-39,42-43,46,51,65-67,71,97H,12-17,26,31-34,40-41,44-45,47-49H2,1-11H3,(H11-,91,92,93,94,98,100,101,102,103,104,110,111,113,114,115,116,117,118,120,121,124,125,126)/p+1/t51-,65+,66+,67+,71?/m1/s1. The van der Waals surface area contributed by atoms with Gasteiger partial charge in [-0.2, -0.15) is 13.4 Å². The number of aromatic amines is 1. The molecule has 134 heavy (non-hydrogen) atoms. The normalized spacial score (nSPS) is 15.3. The largest absolute Gasteiger partial charge is 0.737 e. The number of benzene rings is 4. The Labute approximate surface area is 781 Å². The van der Waals surface area contributed by atoms with E-state index in [2.05, 4.69) is 76.0 Å². The van der Waals surface area contributed by atoms with Crippen LogP contribution in [0.4, 0.5) is 26.0 Å². The number of nitrogens with zero attached hydrogens (tertiary/aromatic N) is 10. The monoisotopic (exact) mass is 1950 g/mol. The van der Waals surface area contributed by atoms with Gasteiger partial charge in [0.05, 0.1) is 41.1 Å². The van der Waals surface area contributed by atoms with Gasteiger partial charge >= 0.3 is 18.9 Å². The first-order valence-electron chi connectivity index (χ1n) is 43.5. The van der Waals surface area contributed by atoms with E-state index in [0.29, 0.717) is 111 Å². The summed E-state index contributed by atoms with van der Waals surface area (Å²) in [6.07, 6.45) is 6.77. The maximum Gasteiger partial charge on any atom is 0.737 e. The number of aryl methyl sites for hydroxylation is 2. The number of hydrogen-bond donors (Lipinski definition) is 12. The Balaban J connectivity index is 0.628. The van der Waals surface area contributed by atoms with Gasteiger partial charge in [0, 0.05) is 169 Å². The summed E-state index contributed by atoms with van der Waals surface area (Å²) in [5.41, 5.74) is 10.6. The number of nitrogen functional groups attached to an aromatic ring is 1. The zero-order chi connectivity index (χ0) is 97.2. The lowest BCUT2D eigenvalue weighted by atomic mass is 9.90. The van der Waals surface area contributed by atoms with E-state index in [1.165, 1.54) is 66.8 Å². The van der Waals surface area contributed by atoms with Crippen LogP contribution in [-0.4, -0.2) is 238 Å². The summed E-state index contributed by atoms with van der Waals surface area (Å²) in [5.74, 6) is -9.23. The van der Waals surface area contributed by atoms with Crippen LogP contribution in [0.5, 0.6) is 0 Å². The van der Waals surface area contributed by atoms with Gasteiger partial charge in [-0.05, 0) is 165 Å². The lowest BCUT2D eigenvalue weighted by Crippen LogP contribution is -2.59. The van der Waals surface area contributed by atoms with Gasteiger partial charge in [-0.15, -0.1) is 11.8 Å². The first kappa shape index (κ1) is 101. The van der Waals surface area contributed by atoms with Crippen molar-refractivity contribution in [3.05, 3.63) is 171 Å². The maximum absolute atomic E-state index is 16.3. The number of likely N-dealkylation sites (tertiary alicyclic amines) is 1. The molecule has 4 aromatic heterocycles. The number of thioether (sulfide) groups is 2. The van der Waals surface area contributed by atoms with Crippen LogP contribution >= 0.6 is 23.5 Å². The van der Waals surface area contributed by atoms with E-state index >= 15 is 8.63 Å². The van der Waals surface area contributed by atoms with Crippen LogP contribution in [0.15, 0.2) is 146 Å². The van der Waals surface area contributed by atoms with E-state index in [1.54, 1.807) is 45.0 Å². The number of carboxylic acid groups (broad SMARTS) is 2. The molecule has 7 aromatic rings. The SMILES string of the molecule is CCN(CC)c1ccc2c(-c3ccc(S(=O)(=O)NCc4cnc(SC[Si](C)(C)O[Si](C)(C)CCCN5C(=O)CC(SC[C@H](NC(=O)[C@H](CNC(=O)CCC6=[N+]7C(=Cc8c(C)cc(C)n8[B-]7(F)F)C=C6)NC(=O)[C@H](CC(=O)O)NC(=O)CC[C@@H](C)NC(=O)c6ccc(NCc7cnc8nc(N)[nH]c(=O)c8n7)cc6)C(=O)O)C5=O)nc4)cc3S(=O)(=O)O)c3ccc(=[N+](CC)CC)cc-3oc2c1. The van der Waals surface area contributed by atoms with Gasteiger partial charge in [0.2, 0.25) is 56.8 Å². The topological polar surface area (TPSA) is 530 Å². The second-order valence-electron chi connectivity index (χ2n) is 33.8. The molecule has 3 aromatic carbocycles. The Morgan fingerprint density at radius 2 is 1.51 bits per heavy atom. The van der Waals surface area contributed by atoms with Crippen molar-refractivity contribution in [3.8, 4) is 22.5 Å². The van der Waals surface area contributed by atoms with E-state index in [4.69, 9.17) is 14.3 Å². The van der Waals surface area contributed by atoms with Gasteiger partial charge in [0.15, 0.2) is 38.7 Å². The molecule has 0 spiro atoms. The molecule has 1 unspecified atom stereocenters. The zero-order valence-corrected chi connectivity index (χ0v) is 80.8. The number of halogens is 2. The highest BCUT2D eigenvalue weighted by Crippen LogP contribution is 2.44. The maximum atomic E-state index is 16.3. The van der Waals surface area contributed by atoms with E-state index in [9.17, 15) is 79.5 Å². The second-order valence-corrected chi connectivity index (χ2v) is 48.4.